The number of amides is 1. The minimum Gasteiger partial charge on any atom is -0.335 e. The number of hydrogen-bond acceptors (Lipinski definition) is 3. The van der Waals surface area contributed by atoms with Crippen molar-refractivity contribution in [1.82, 2.24) is 9.62 Å². The summed E-state index contributed by atoms with van der Waals surface area (Å²) >= 11 is 0. The fraction of sp³-hybridized carbons (Fsp3) is 0.500. The van der Waals surface area contributed by atoms with Crippen LogP contribution in [0, 0.1) is 17.6 Å². The van der Waals surface area contributed by atoms with Crippen LogP contribution in [0.25, 0.3) is 0 Å². The lowest BCUT2D eigenvalue weighted by Gasteiger charge is -2.38. The maximum absolute atomic E-state index is 16.4. The van der Waals surface area contributed by atoms with Gasteiger partial charge in [-0.25, -0.2) is 30.7 Å². The topological polar surface area (TPSA) is 66.5 Å². The van der Waals surface area contributed by atoms with E-state index in [1.54, 1.807) is 0 Å². The van der Waals surface area contributed by atoms with E-state index in [9.17, 15) is 26.4 Å². The third-order valence-corrected chi connectivity index (χ3v) is 6.98. The fourth-order valence-corrected chi connectivity index (χ4v) is 5.42. The van der Waals surface area contributed by atoms with Crippen molar-refractivity contribution in [1.29, 1.82) is 0 Å². The van der Waals surface area contributed by atoms with Gasteiger partial charge >= 0.3 is 0 Å². The lowest BCUT2D eigenvalue weighted by atomic mass is 9.76. The Morgan fingerprint density at radius 3 is 2.62 bits per heavy atom. The lowest BCUT2D eigenvalue weighted by Crippen LogP contribution is -2.52. The molecule has 32 heavy (non-hydrogen) atoms. The van der Waals surface area contributed by atoms with Gasteiger partial charge in [0.1, 0.15) is 11.8 Å². The summed E-state index contributed by atoms with van der Waals surface area (Å²) in [5, 5.41) is 0. The van der Waals surface area contributed by atoms with Crippen LogP contribution in [0.1, 0.15) is 30.7 Å². The first-order valence-corrected chi connectivity index (χ1v) is 12.3. The van der Waals surface area contributed by atoms with Gasteiger partial charge in [0.25, 0.3) is 0 Å². The van der Waals surface area contributed by atoms with E-state index >= 15 is 4.39 Å². The zero-order valence-electron chi connectivity index (χ0n) is 17.3. The van der Waals surface area contributed by atoms with Crippen LogP contribution in [-0.2, 0) is 14.8 Å². The standard InChI is InChI=1S/C22H24F4N2O3S/c1-32(30,31)27-20-17(24)12-28(21(29)13-8-9-13)18(20)11-22(26)10-3-2-6-15(22)14-5-4-7-16(23)19(14)25/h2-7,10,13,15,17-18,20,27H,8-9,11-12H2,1H3/t15?,17-,18-,20-,22?/m0/s1. The van der Waals surface area contributed by atoms with Gasteiger partial charge in [0, 0.05) is 23.8 Å². The van der Waals surface area contributed by atoms with Gasteiger partial charge in [0.05, 0.1) is 24.9 Å². The molecule has 4 rings (SSSR count). The van der Waals surface area contributed by atoms with Crippen molar-refractivity contribution in [3.05, 3.63) is 59.7 Å². The number of likely N-dealkylation sites (tertiary alicyclic amines) is 1. The first-order chi connectivity index (χ1) is 15.0. The van der Waals surface area contributed by atoms with E-state index in [1.165, 1.54) is 41.3 Å². The maximum Gasteiger partial charge on any atom is 0.226 e. The molecule has 1 N–H and O–H groups in total. The molecule has 2 fully saturated rings. The van der Waals surface area contributed by atoms with Gasteiger partial charge in [-0.05, 0) is 25.0 Å². The number of allylic oxidation sites excluding steroid dienone is 4. The molecule has 174 valence electrons. The minimum absolute atomic E-state index is 0.212. The third-order valence-electron chi connectivity index (χ3n) is 6.28. The number of carbonyl (C=O) groups excluding carboxylic acids is 1. The van der Waals surface area contributed by atoms with Crippen LogP contribution in [0.4, 0.5) is 17.6 Å². The third kappa shape index (κ3) is 4.47. The zero-order chi connectivity index (χ0) is 23.3. The second-order valence-electron chi connectivity index (χ2n) is 8.76. The highest BCUT2D eigenvalue weighted by molar-refractivity contribution is 7.88. The Balaban J connectivity index is 1.70. The molecule has 5 nitrogen and oxygen atoms in total. The number of alkyl halides is 2. The minimum atomic E-state index is -3.86. The largest absolute Gasteiger partial charge is 0.335 e. The van der Waals surface area contributed by atoms with Gasteiger partial charge in [-0.2, -0.15) is 0 Å². The molecule has 1 saturated heterocycles. The van der Waals surface area contributed by atoms with Crippen molar-refractivity contribution in [2.75, 3.05) is 12.8 Å². The van der Waals surface area contributed by atoms with E-state index in [1.807, 2.05) is 0 Å². The quantitative estimate of drug-likeness (QED) is 0.647. The second-order valence-corrected chi connectivity index (χ2v) is 10.5. The summed E-state index contributed by atoms with van der Waals surface area (Å²) in [5.74, 6) is -4.18. The molecule has 5 atom stereocenters. The van der Waals surface area contributed by atoms with Crippen LogP contribution in [0.2, 0.25) is 0 Å². The van der Waals surface area contributed by atoms with Gasteiger partial charge in [0.15, 0.2) is 11.6 Å². The molecule has 2 unspecified atom stereocenters. The first kappa shape index (κ1) is 23.0. The molecule has 3 aliphatic rings. The van der Waals surface area contributed by atoms with Crippen molar-refractivity contribution >= 4 is 15.9 Å². The predicted octanol–water partition coefficient (Wildman–Crippen LogP) is 3.15. The SMILES string of the molecule is CS(=O)(=O)N[C@H]1[C@@H](F)CN(C(=O)C2CC2)[C@H]1CC1(F)C=CC=CC1c1cccc(F)c1F. The summed E-state index contributed by atoms with van der Waals surface area (Å²) in [5.41, 5.74) is -2.52. The monoisotopic (exact) mass is 472 g/mol. The highest BCUT2D eigenvalue weighted by Crippen LogP contribution is 2.45. The predicted molar refractivity (Wildman–Crippen MR) is 111 cm³/mol. The Kier molecular flexibility index (Phi) is 5.96. The average Bonchev–Trinajstić information content (AvgIpc) is 3.52. The normalized spacial score (nSPS) is 32.5. The molecule has 1 aromatic rings. The number of carbonyl (C=O) groups is 1. The molecule has 0 bridgehead atoms. The molecule has 2 aliphatic carbocycles. The number of rotatable bonds is 6. The highest BCUT2D eigenvalue weighted by Gasteiger charge is 2.52. The van der Waals surface area contributed by atoms with Crippen molar-refractivity contribution in [3.8, 4) is 0 Å². The average molecular weight is 473 g/mol. The number of nitrogens with one attached hydrogen (secondary N) is 1. The van der Waals surface area contributed by atoms with Crippen LogP contribution in [0.15, 0.2) is 42.5 Å². The Bertz CT molecular complexity index is 1070. The van der Waals surface area contributed by atoms with E-state index in [0.717, 1.165) is 12.3 Å². The summed E-state index contributed by atoms with van der Waals surface area (Å²) in [4.78, 5) is 14.0. The number of benzene rings is 1. The summed E-state index contributed by atoms with van der Waals surface area (Å²) in [6, 6.07) is 0.983. The van der Waals surface area contributed by atoms with Gasteiger partial charge in [-0.15, -0.1) is 0 Å². The molecule has 1 heterocycles. The molecule has 1 amide bonds. The van der Waals surface area contributed by atoms with Crippen LogP contribution < -0.4 is 4.72 Å². The summed E-state index contributed by atoms with van der Waals surface area (Å²) < 4.78 is 85.5. The van der Waals surface area contributed by atoms with Crippen molar-refractivity contribution in [3.63, 3.8) is 0 Å². The van der Waals surface area contributed by atoms with Crippen LogP contribution in [0.5, 0.6) is 0 Å². The smallest absolute Gasteiger partial charge is 0.226 e. The van der Waals surface area contributed by atoms with E-state index in [-0.39, 0.29) is 23.9 Å². The Hall–Kier alpha value is -2.20. The van der Waals surface area contributed by atoms with E-state index in [4.69, 9.17) is 0 Å². The highest BCUT2D eigenvalue weighted by atomic mass is 32.2. The first-order valence-electron chi connectivity index (χ1n) is 10.4. The molecular weight excluding hydrogens is 448 g/mol. The Labute approximate surface area is 184 Å². The van der Waals surface area contributed by atoms with Crippen molar-refractivity contribution in [2.45, 2.75) is 49.1 Å². The Morgan fingerprint density at radius 1 is 1.25 bits per heavy atom. The van der Waals surface area contributed by atoms with Gasteiger partial charge < -0.3 is 4.90 Å². The molecule has 1 aliphatic heterocycles. The summed E-state index contributed by atoms with van der Waals surface area (Å²) in [6.45, 7) is -0.359. The van der Waals surface area contributed by atoms with E-state index in [2.05, 4.69) is 4.72 Å². The summed E-state index contributed by atoms with van der Waals surface area (Å²) in [6.07, 6.45) is 5.39. The van der Waals surface area contributed by atoms with E-state index in [0.29, 0.717) is 12.8 Å². The van der Waals surface area contributed by atoms with Crippen LogP contribution >= 0.6 is 0 Å². The number of sulfonamides is 1. The van der Waals surface area contributed by atoms with Crippen molar-refractivity contribution < 1.29 is 30.8 Å². The molecule has 1 saturated carbocycles. The fourth-order valence-electron chi connectivity index (χ4n) is 4.62. The molecule has 0 spiro atoms. The second kappa shape index (κ2) is 8.30. The maximum atomic E-state index is 16.4. The lowest BCUT2D eigenvalue weighted by molar-refractivity contribution is -0.134. The van der Waals surface area contributed by atoms with Gasteiger partial charge in [-0.1, -0.05) is 30.4 Å². The number of hydrogen-bond donors (Lipinski definition) is 1. The van der Waals surface area contributed by atoms with E-state index < -0.39 is 57.9 Å². The van der Waals surface area contributed by atoms with Gasteiger partial charge in [-0.3, -0.25) is 4.79 Å². The molecule has 1 aromatic carbocycles. The Morgan fingerprint density at radius 2 is 1.97 bits per heavy atom. The zero-order valence-corrected chi connectivity index (χ0v) is 18.2. The van der Waals surface area contributed by atoms with Crippen molar-refractivity contribution in [2.24, 2.45) is 5.92 Å². The number of nitrogens with zero attached hydrogens (tertiary/aromatic N) is 1. The van der Waals surface area contributed by atoms with Crippen LogP contribution in [-0.4, -0.2) is 55.9 Å². The molecule has 10 heteroatoms. The molecule has 0 aromatic heterocycles. The molecular formula is C22H24F4N2O3S. The van der Waals surface area contributed by atoms with Gasteiger partial charge in [0.2, 0.25) is 15.9 Å². The van der Waals surface area contributed by atoms with Crippen LogP contribution in [0.3, 0.4) is 0 Å². The number of halogens is 4. The molecule has 0 radical (unpaired) electrons. The summed E-state index contributed by atoms with van der Waals surface area (Å²) in [7, 11) is -3.86.